The first-order chi connectivity index (χ1) is 6.58. The summed E-state index contributed by atoms with van der Waals surface area (Å²) >= 11 is 0. The Labute approximate surface area is 87.0 Å². The minimum Gasteiger partial charge on any atom is -0.345 e. The van der Waals surface area contributed by atoms with Gasteiger partial charge in [-0.05, 0) is 39.5 Å². The topological polar surface area (TPSA) is 18.5 Å². The van der Waals surface area contributed by atoms with Gasteiger partial charge in [0, 0.05) is 0 Å². The Morgan fingerprint density at radius 1 is 1.00 bits per heavy atom. The molecule has 2 heteroatoms. The minimum atomic E-state index is -0.360. The summed E-state index contributed by atoms with van der Waals surface area (Å²) in [4.78, 5) is 0. The molecule has 82 valence electrons. The van der Waals surface area contributed by atoms with Crippen LogP contribution in [0.15, 0.2) is 0 Å². The summed E-state index contributed by atoms with van der Waals surface area (Å²) in [5, 5.41) is 0. The highest BCUT2D eigenvalue weighted by molar-refractivity contribution is 4.85. The van der Waals surface area contributed by atoms with Gasteiger partial charge < -0.3 is 9.47 Å². The van der Waals surface area contributed by atoms with Crippen LogP contribution in [0.25, 0.3) is 0 Å². The summed E-state index contributed by atoms with van der Waals surface area (Å²) < 4.78 is 11.8. The van der Waals surface area contributed by atoms with Crippen molar-refractivity contribution in [2.24, 2.45) is 5.92 Å². The molecule has 1 saturated carbocycles. The molecule has 2 aliphatic rings. The van der Waals surface area contributed by atoms with Crippen LogP contribution in [0.2, 0.25) is 0 Å². The van der Waals surface area contributed by atoms with E-state index >= 15 is 0 Å². The summed E-state index contributed by atoms with van der Waals surface area (Å²) in [6.45, 7) is 6.19. The van der Waals surface area contributed by atoms with Crippen LogP contribution in [-0.2, 0) is 9.47 Å². The van der Waals surface area contributed by atoms with Gasteiger partial charge in [0.05, 0.1) is 12.2 Å². The maximum atomic E-state index is 5.98. The molecule has 0 aromatic carbocycles. The van der Waals surface area contributed by atoms with Crippen LogP contribution in [0.3, 0.4) is 0 Å². The lowest BCUT2D eigenvalue weighted by molar-refractivity contribution is -0.150. The van der Waals surface area contributed by atoms with Crippen molar-refractivity contribution in [3.05, 3.63) is 0 Å². The van der Waals surface area contributed by atoms with Gasteiger partial charge in [-0.1, -0.05) is 19.3 Å². The summed E-state index contributed by atoms with van der Waals surface area (Å²) in [5.74, 6) is 0.377. The van der Waals surface area contributed by atoms with Gasteiger partial charge in [-0.3, -0.25) is 0 Å². The lowest BCUT2D eigenvalue weighted by atomic mass is 9.84. The summed E-state index contributed by atoms with van der Waals surface area (Å²) in [6.07, 6.45) is 7.42. The molecule has 0 unspecified atom stereocenters. The van der Waals surface area contributed by atoms with Crippen molar-refractivity contribution >= 4 is 0 Å². The number of hydrogen-bond acceptors (Lipinski definition) is 2. The van der Waals surface area contributed by atoms with Crippen LogP contribution in [0.5, 0.6) is 0 Å². The molecular formula is C12H22O2. The lowest BCUT2D eigenvalue weighted by Gasteiger charge is -2.28. The molecule has 1 aliphatic heterocycles. The Bertz CT molecular complexity index is 194. The predicted molar refractivity (Wildman–Crippen MR) is 56.1 cm³/mol. The highest BCUT2D eigenvalue weighted by Gasteiger charge is 2.42. The van der Waals surface area contributed by atoms with E-state index in [0.717, 1.165) is 5.92 Å². The molecule has 1 aliphatic carbocycles. The molecule has 2 fully saturated rings. The third-order valence-electron chi connectivity index (χ3n) is 3.47. The molecule has 1 heterocycles. The molecule has 1 saturated heterocycles. The van der Waals surface area contributed by atoms with Crippen LogP contribution in [0, 0.1) is 5.92 Å². The van der Waals surface area contributed by atoms with E-state index in [1.54, 1.807) is 0 Å². The quantitative estimate of drug-likeness (QED) is 0.644. The highest BCUT2D eigenvalue weighted by atomic mass is 16.7. The van der Waals surface area contributed by atoms with Gasteiger partial charge in [0.15, 0.2) is 5.79 Å². The Morgan fingerprint density at radius 3 is 2.14 bits per heavy atom. The Balaban J connectivity index is 1.97. The standard InChI is InChI=1S/C12H22O2/c1-9-11(14-12(2,3)13-9)10-7-5-4-6-8-10/h9-11H,4-8H2,1-3H3/t9-,11+/m1/s1. The van der Waals surface area contributed by atoms with Crippen LogP contribution in [-0.4, -0.2) is 18.0 Å². The van der Waals surface area contributed by atoms with Crippen molar-refractivity contribution in [2.45, 2.75) is 70.9 Å². The van der Waals surface area contributed by atoms with E-state index in [4.69, 9.17) is 9.47 Å². The van der Waals surface area contributed by atoms with Crippen LogP contribution in [0.4, 0.5) is 0 Å². The number of hydrogen-bond donors (Lipinski definition) is 0. The van der Waals surface area contributed by atoms with Crippen molar-refractivity contribution in [1.82, 2.24) is 0 Å². The van der Waals surface area contributed by atoms with Gasteiger partial charge in [-0.25, -0.2) is 0 Å². The Hall–Kier alpha value is -0.0800. The first-order valence-electron chi connectivity index (χ1n) is 5.94. The van der Waals surface area contributed by atoms with Crippen molar-refractivity contribution in [1.29, 1.82) is 0 Å². The summed E-state index contributed by atoms with van der Waals surface area (Å²) in [6, 6.07) is 0. The van der Waals surface area contributed by atoms with E-state index in [1.165, 1.54) is 32.1 Å². The minimum absolute atomic E-state index is 0.271. The first-order valence-corrected chi connectivity index (χ1v) is 5.94. The summed E-state index contributed by atoms with van der Waals surface area (Å²) in [5.41, 5.74) is 0. The molecule has 2 rings (SSSR count). The molecule has 2 nitrogen and oxygen atoms in total. The van der Waals surface area contributed by atoms with Crippen LogP contribution in [0.1, 0.15) is 52.9 Å². The molecule has 0 aromatic rings. The van der Waals surface area contributed by atoms with E-state index in [1.807, 2.05) is 13.8 Å². The maximum Gasteiger partial charge on any atom is 0.163 e. The lowest BCUT2D eigenvalue weighted by Crippen LogP contribution is -2.31. The Morgan fingerprint density at radius 2 is 1.64 bits per heavy atom. The van der Waals surface area contributed by atoms with Gasteiger partial charge in [0.1, 0.15) is 0 Å². The van der Waals surface area contributed by atoms with Gasteiger partial charge >= 0.3 is 0 Å². The van der Waals surface area contributed by atoms with Crippen molar-refractivity contribution in [3.63, 3.8) is 0 Å². The molecule has 0 bridgehead atoms. The normalized spacial score (nSPS) is 38.8. The fraction of sp³-hybridized carbons (Fsp3) is 1.00. The number of ether oxygens (including phenoxy) is 2. The third-order valence-corrected chi connectivity index (χ3v) is 3.47. The molecule has 0 aromatic heterocycles. The zero-order chi connectivity index (χ0) is 10.2. The molecule has 14 heavy (non-hydrogen) atoms. The first kappa shape index (κ1) is 10.4. The average Bonchev–Trinajstić information content (AvgIpc) is 2.41. The smallest absolute Gasteiger partial charge is 0.163 e. The van der Waals surface area contributed by atoms with Crippen molar-refractivity contribution in [2.75, 3.05) is 0 Å². The van der Waals surface area contributed by atoms with Gasteiger partial charge in [0.25, 0.3) is 0 Å². The maximum absolute atomic E-state index is 5.98. The molecular weight excluding hydrogens is 176 g/mol. The predicted octanol–water partition coefficient (Wildman–Crippen LogP) is 3.11. The van der Waals surface area contributed by atoms with Crippen molar-refractivity contribution < 1.29 is 9.47 Å². The fourth-order valence-electron chi connectivity index (χ4n) is 2.91. The zero-order valence-electron chi connectivity index (χ0n) is 9.58. The molecule has 0 spiro atoms. The Kier molecular flexibility index (Phi) is 2.85. The second kappa shape index (κ2) is 3.82. The zero-order valence-corrected chi connectivity index (χ0v) is 9.58. The monoisotopic (exact) mass is 198 g/mol. The van der Waals surface area contributed by atoms with Crippen LogP contribution < -0.4 is 0 Å². The second-order valence-corrected chi connectivity index (χ2v) is 5.20. The fourth-order valence-corrected chi connectivity index (χ4v) is 2.91. The van der Waals surface area contributed by atoms with Gasteiger partial charge in [0.2, 0.25) is 0 Å². The average molecular weight is 198 g/mol. The van der Waals surface area contributed by atoms with Crippen molar-refractivity contribution in [3.8, 4) is 0 Å². The van der Waals surface area contributed by atoms with Crippen LogP contribution >= 0.6 is 0 Å². The summed E-state index contributed by atoms with van der Waals surface area (Å²) in [7, 11) is 0. The van der Waals surface area contributed by atoms with Gasteiger partial charge in [-0.15, -0.1) is 0 Å². The second-order valence-electron chi connectivity index (χ2n) is 5.20. The highest BCUT2D eigenvalue weighted by Crippen LogP contribution is 2.37. The van der Waals surface area contributed by atoms with Gasteiger partial charge in [-0.2, -0.15) is 0 Å². The largest absolute Gasteiger partial charge is 0.345 e. The number of rotatable bonds is 1. The third kappa shape index (κ3) is 2.12. The van der Waals surface area contributed by atoms with E-state index in [2.05, 4.69) is 6.92 Å². The molecule has 0 amide bonds. The van der Waals surface area contributed by atoms with E-state index < -0.39 is 0 Å². The SMILES string of the molecule is C[C@H]1OC(C)(C)O[C@@H]1C1CCCCC1. The van der Waals surface area contributed by atoms with E-state index in [-0.39, 0.29) is 11.9 Å². The van der Waals surface area contributed by atoms with E-state index in [0.29, 0.717) is 6.10 Å². The molecule has 2 atom stereocenters. The molecule has 0 N–H and O–H groups in total. The van der Waals surface area contributed by atoms with E-state index in [9.17, 15) is 0 Å². The molecule has 0 radical (unpaired) electrons.